The molecule has 0 bridgehead atoms. The summed E-state index contributed by atoms with van der Waals surface area (Å²) in [6.07, 6.45) is 1.83. The minimum atomic E-state index is 0.151. The first-order chi connectivity index (χ1) is 13.8. The molecule has 0 aliphatic carbocycles. The van der Waals surface area contributed by atoms with Gasteiger partial charge >= 0.3 is 0 Å². The first-order valence-corrected chi connectivity index (χ1v) is 11.5. The number of pyridine rings is 1. The molecule has 0 radical (unpaired) electrons. The summed E-state index contributed by atoms with van der Waals surface area (Å²) in [6.45, 7) is 15.5. The van der Waals surface area contributed by atoms with E-state index in [2.05, 4.69) is 66.1 Å². The smallest absolute Gasteiger partial charge is 0.227 e. The molecule has 0 N–H and O–H groups in total. The first kappa shape index (κ1) is 20.7. The van der Waals surface area contributed by atoms with Crippen molar-refractivity contribution in [1.82, 2.24) is 9.55 Å². The molecule has 2 aromatic heterocycles. The van der Waals surface area contributed by atoms with E-state index < -0.39 is 0 Å². The number of hydrogen-bond donors (Lipinski definition) is 0. The van der Waals surface area contributed by atoms with Crippen molar-refractivity contribution in [3.05, 3.63) is 60.5 Å². The van der Waals surface area contributed by atoms with Gasteiger partial charge < -0.3 is 9.74 Å². The summed E-state index contributed by atoms with van der Waals surface area (Å²) in [7, 11) is 0. The number of fused-ring (bicyclic) bond motifs is 1. The molecular weight excluding hydrogens is 516 g/mol. The van der Waals surface area contributed by atoms with Crippen LogP contribution in [-0.2, 0) is 0 Å². The fourth-order valence-electron chi connectivity index (χ4n) is 4.18. The zero-order valence-electron chi connectivity index (χ0n) is 16.6. The third-order valence-corrected chi connectivity index (χ3v) is 7.19. The molecular formula is C22H21Br2ClN4. The molecule has 7 heteroatoms. The second-order valence-corrected chi connectivity index (χ2v) is 9.74. The standard InChI is InChI=1S/C22H21Br2ClN4/c1-12-9-19(28-7-5-16(26-4)6-8-28)20-13(2)14(3)29(22(20)27-12)21-17(23)10-15(25)11-18(21)24/h9-11,16H,5-8H2,1-3H3. The fourth-order valence-corrected chi connectivity index (χ4v) is 6.20. The largest absolute Gasteiger partial charge is 0.370 e. The van der Waals surface area contributed by atoms with Gasteiger partial charge in [0.1, 0.15) is 5.65 Å². The van der Waals surface area contributed by atoms with E-state index >= 15 is 0 Å². The molecule has 0 unspecified atom stereocenters. The van der Waals surface area contributed by atoms with E-state index in [9.17, 15) is 0 Å². The van der Waals surface area contributed by atoms with Gasteiger partial charge in [0, 0.05) is 62.4 Å². The van der Waals surface area contributed by atoms with Crippen molar-refractivity contribution in [3.63, 3.8) is 0 Å². The topological polar surface area (TPSA) is 25.4 Å². The first-order valence-electron chi connectivity index (χ1n) is 9.57. The molecule has 4 rings (SSSR count). The zero-order valence-corrected chi connectivity index (χ0v) is 20.5. The number of nitrogens with zero attached hydrogens (tertiary/aromatic N) is 4. The number of aromatic nitrogens is 2. The van der Waals surface area contributed by atoms with E-state index in [1.165, 1.54) is 16.6 Å². The zero-order chi connectivity index (χ0) is 20.9. The third-order valence-electron chi connectivity index (χ3n) is 5.77. The van der Waals surface area contributed by atoms with Crippen LogP contribution in [0.2, 0.25) is 5.02 Å². The van der Waals surface area contributed by atoms with Crippen LogP contribution in [0.1, 0.15) is 29.8 Å². The molecule has 1 fully saturated rings. The minimum Gasteiger partial charge on any atom is -0.370 e. The predicted molar refractivity (Wildman–Crippen MR) is 128 cm³/mol. The predicted octanol–water partition coefficient (Wildman–Crippen LogP) is 7.02. The van der Waals surface area contributed by atoms with Gasteiger partial charge in [0.15, 0.2) is 0 Å². The highest BCUT2D eigenvalue weighted by molar-refractivity contribution is 9.11. The average molecular weight is 537 g/mol. The lowest BCUT2D eigenvalue weighted by Crippen LogP contribution is -2.35. The summed E-state index contributed by atoms with van der Waals surface area (Å²) in [4.78, 5) is 11.1. The summed E-state index contributed by atoms with van der Waals surface area (Å²) in [6, 6.07) is 6.16. The van der Waals surface area contributed by atoms with Crippen molar-refractivity contribution < 1.29 is 0 Å². The molecule has 4 nitrogen and oxygen atoms in total. The van der Waals surface area contributed by atoms with Crippen molar-refractivity contribution in [2.75, 3.05) is 18.0 Å². The van der Waals surface area contributed by atoms with Crippen LogP contribution in [0.3, 0.4) is 0 Å². The van der Waals surface area contributed by atoms with Crippen molar-refractivity contribution >= 4 is 60.2 Å². The van der Waals surface area contributed by atoms with E-state index in [4.69, 9.17) is 23.2 Å². The van der Waals surface area contributed by atoms with Crippen LogP contribution in [0.25, 0.3) is 21.6 Å². The highest BCUT2D eigenvalue weighted by Crippen LogP contribution is 2.40. The summed E-state index contributed by atoms with van der Waals surface area (Å²) in [5.74, 6) is 0. The Kier molecular flexibility index (Phi) is 5.67. The summed E-state index contributed by atoms with van der Waals surface area (Å²) in [5, 5.41) is 1.86. The molecule has 29 heavy (non-hydrogen) atoms. The number of rotatable bonds is 2. The second kappa shape index (κ2) is 7.94. The molecule has 0 amide bonds. The normalized spacial score (nSPS) is 15.1. The average Bonchev–Trinajstić information content (AvgIpc) is 2.92. The van der Waals surface area contributed by atoms with Crippen molar-refractivity contribution in [3.8, 4) is 5.69 Å². The number of benzene rings is 1. The summed E-state index contributed by atoms with van der Waals surface area (Å²) < 4.78 is 4.04. The Balaban J connectivity index is 1.95. The van der Waals surface area contributed by atoms with Gasteiger partial charge in [-0.1, -0.05) is 11.6 Å². The molecule has 1 aromatic carbocycles. The van der Waals surface area contributed by atoms with Crippen LogP contribution in [-0.4, -0.2) is 28.7 Å². The highest BCUT2D eigenvalue weighted by Gasteiger charge is 2.27. The molecule has 3 heterocycles. The van der Waals surface area contributed by atoms with Gasteiger partial charge in [0.2, 0.25) is 6.04 Å². The molecule has 1 aliphatic rings. The minimum absolute atomic E-state index is 0.151. The Morgan fingerprint density at radius 3 is 2.31 bits per heavy atom. The van der Waals surface area contributed by atoms with E-state index in [1.54, 1.807) is 0 Å². The monoisotopic (exact) mass is 534 g/mol. The number of piperidine rings is 1. The number of hydrogen-bond acceptors (Lipinski definition) is 2. The van der Waals surface area contributed by atoms with Gasteiger partial charge in [-0.3, -0.25) is 4.57 Å². The maximum absolute atomic E-state index is 7.32. The molecule has 3 aromatic rings. The lowest BCUT2D eigenvalue weighted by Gasteiger charge is -2.30. The van der Waals surface area contributed by atoms with Crippen LogP contribution >= 0.6 is 43.5 Å². The molecule has 1 saturated heterocycles. The Bertz CT molecular complexity index is 1130. The van der Waals surface area contributed by atoms with Crippen LogP contribution in [0.5, 0.6) is 0 Å². The quantitative estimate of drug-likeness (QED) is 0.329. The molecule has 0 atom stereocenters. The second-order valence-electron chi connectivity index (χ2n) is 7.59. The van der Waals surface area contributed by atoms with E-state index in [0.29, 0.717) is 5.02 Å². The molecule has 1 aliphatic heterocycles. The number of halogens is 3. The number of aryl methyl sites for hydroxylation is 2. The van der Waals surface area contributed by atoms with Gasteiger partial charge in [-0.05, 0) is 76.4 Å². The van der Waals surface area contributed by atoms with Crippen LogP contribution in [0, 0.1) is 27.3 Å². The Morgan fingerprint density at radius 2 is 1.72 bits per heavy atom. The van der Waals surface area contributed by atoms with Crippen molar-refractivity contribution in [2.24, 2.45) is 0 Å². The fraction of sp³-hybridized carbons (Fsp3) is 0.364. The summed E-state index contributed by atoms with van der Waals surface area (Å²) >= 11 is 13.6. The van der Waals surface area contributed by atoms with Crippen molar-refractivity contribution in [1.29, 1.82) is 0 Å². The van der Waals surface area contributed by atoms with E-state index in [1.807, 2.05) is 19.1 Å². The van der Waals surface area contributed by atoms with Gasteiger partial charge in [-0.2, -0.15) is 0 Å². The SMILES string of the molecule is [C-]#[N+]C1CCN(c2cc(C)nc3c2c(C)c(C)n3-c2c(Br)cc(Cl)cc2Br)CC1. The van der Waals surface area contributed by atoms with Gasteiger partial charge in [0.25, 0.3) is 0 Å². The van der Waals surface area contributed by atoms with Crippen LogP contribution in [0.15, 0.2) is 27.1 Å². The molecule has 0 spiro atoms. The highest BCUT2D eigenvalue weighted by atomic mass is 79.9. The molecule has 150 valence electrons. The van der Waals surface area contributed by atoms with Crippen LogP contribution in [0.4, 0.5) is 5.69 Å². The van der Waals surface area contributed by atoms with Gasteiger partial charge in [0.05, 0.1) is 5.69 Å². The lowest BCUT2D eigenvalue weighted by atomic mass is 10.0. The van der Waals surface area contributed by atoms with Crippen LogP contribution < -0.4 is 4.90 Å². The van der Waals surface area contributed by atoms with E-state index in [-0.39, 0.29) is 6.04 Å². The Hall–Kier alpha value is -1.55. The maximum Gasteiger partial charge on any atom is 0.227 e. The molecule has 0 saturated carbocycles. The van der Waals surface area contributed by atoms with Gasteiger partial charge in [-0.15, -0.1) is 0 Å². The van der Waals surface area contributed by atoms with Crippen molar-refractivity contribution in [2.45, 2.75) is 39.7 Å². The summed E-state index contributed by atoms with van der Waals surface area (Å²) in [5.41, 5.74) is 6.53. The Morgan fingerprint density at radius 1 is 1.10 bits per heavy atom. The third kappa shape index (κ3) is 3.58. The lowest BCUT2D eigenvalue weighted by molar-refractivity contribution is 0.549. The number of anilines is 1. The maximum atomic E-state index is 7.32. The van der Waals surface area contributed by atoms with E-state index in [0.717, 1.165) is 57.6 Å². The van der Waals surface area contributed by atoms with Gasteiger partial charge in [-0.25, -0.2) is 11.6 Å². The Labute approximate surface area is 192 Å².